The maximum absolute atomic E-state index is 11.9. The van der Waals surface area contributed by atoms with Crippen LogP contribution in [0.1, 0.15) is 24.5 Å². The molecule has 0 spiro atoms. The number of carbonyl (C=O) groups excluding carboxylic acids is 2. The van der Waals surface area contributed by atoms with Gasteiger partial charge in [0.1, 0.15) is 6.54 Å². The fourth-order valence-electron chi connectivity index (χ4n) is 2.38. The third kappa shape index (κ3) is 3.92. The summed E-state index contributed by atoms with van der Waals surface area (Å²) in [6.45, 7) is 1.87. The summed E-state index contributed by atoms with van der Waals surface area (Å²) in [6.07, 6.45) is 3.44. The predicted octanol–water partition coefficient (Wildman–Crippen LogP) is 1.02. The zero-order valence-corrected chi connectivity index (χ0v) is 12.1. The van der Waals surface area contributed by atoms with Crippen LogP contribution < -0.4 is 11.1 Å². The molecule has 1 aromatic carbocycles. The van der Waals surface area contributed by atoms with Gasteiger partial charge < -0.3 is 15.8 Å². The summed E-state index contributed by atoms with van der Waals surface area (Å²) in [5.74, 6) is -0.795. The Bertz CT molecular complexity index is 566. The van der Waals surface area contributed by atoms with E-state index < -0.39 is 12.0 Å². The number of esters is 1. The van der Waals surface area contributed by atoms with E-state index in [1.54, 1.807) is 6.92 Å². The van der Waals surface area contributed by atoms with Crippen LogP contribution in [0.5, 0.6) is 0 Å². The predicted molar refractivity (Wildman–Crippen MR) is 80.4 cm³/mol. The number of fused-ring (bicyclic) bond motifs is 1. The topological polar surface area (TPSA) is 81.4 Å². The van der Waals surface area contributed by atoms with Crippen molar-refractivity contribution < 1.29 is 14.3 Å². The molecule has 0 heterocycles. The molecule has 1 atom stereocenters. The van der Waals surface area contributed by atoms with Crippen LogP contribution in [0.25, 0.3) is 5.57 Å². The van der Waals surface area contributed by atoms with Gasteiger partial charge in [-0.15, -0.1) is 0 Å². The van der Waals surface area contributed by atoms with Crippen LogP contribution in [0.4, 0.5) is 0 Å². The van der Waals surface area contributed by atoms with Crippen LogP contribution in [0.3, 0.4) is 0 Å². The van der Waals surface area contributed by atoms with E-state index in [1.807, 2.05) is 18.2 Å². The smallest absolute Gasteiger partial charge is 0.325 e. The second-order valence-corrected chi connectivity index (χ2v) is 4.92. The number of amides is 1. The van der Waals surface area contributed by atoms with Crippen LogP contribution in [0, 0.1) is 0 Å². The molecule has 0 aliphatic heterocycles. The van der Waals surface area contributed by atoms with Gasteiger partial charge in [-0.05, 0) is 36.5 Å². The number of hydrogen-bond acceptors (Lipinski definition) is 4. The molecule has 112 valence electrons. The molecule has 5 nitrogen and oxygen atoms in total. The summed E-state index contributed by atoms with van der Waals surface area (Å²) in [6, 6.07) is 7.42. The van der Waals surface area contributed by atoms with Crippen molar-refractivity contribution in [2.24, 2.45) is 5.73 Å². The Morgan fingerprint density at radius 2 is 2.14 bits per heavy atom. The van der Waals surface area contributed by atoms with Crippen molar-refractivity contribution in [3.63, 3.8) is 0 Å². The summed E-state index contributed by atoms with van der Waals surface area (Å²) in [7, 11) is 0. The molecule has 21 heavy (non-hydrogen) atoms. The van der Waals surface area contributed by atoms with Crippen LogP contribution >= 0.6 is 0 Å². The molecule has 1 aromatic rings. The fraction of sp³-hybridized carbons (Fsp3) is 0.375. The van der Waals surface area contributed by atoms with Gasteiger partial charge in [-0.2, -0.15) is 0 Å². The van der Waals surface area contributed by atoms with Crippen molar-refractivity contribution >= 4 is 17.4 Å². The standard InChI is InChI=1S/C16H20N2O3/c1-2-21-15(19)10-18-16(20)14(17)9-12-8-7-11-5-3-4-6-13(11)12/h3-6,8,14H,2,7,9-10,17H2,1H3,(H,18,20)/t14-/m0/s1. The van der Waals surface area contributed by atoms with Crippen molar-refractivity contribution in [2.75, 3.05) is 13.2 Å². The molecule has 0 aromatic heterocycles. The number of nitrogens with one attached hydrogen (secondary N) is 1. The summed E-state index contributed by atoms with van der Waals surface area (Å²) in [5, 5.41) is 2.50. The highest BCUT2D eigenvalue weighted by molar-refractivity contribution is 5.87. The average molecular weight is 288 g/mol. The lowest BCUT2D eigenvalue weighted by Crippen LogP contribution is -2.43. The molecule has 0 fully saturated rings. The highest BCUT2D eigenvalue weighted by Gasteiger charge is 2.20. The number of rotatable bonds is 6. The number of ether oxygens (including phenoxy) is 1. The molecule has 0 radical (unpaired) electrons. The van der Waals surface area contributed by atoms with Gasteiger partial charge in [0.15, 0.2) is 0 Å². The van der Waals surface area contributed by atoms with Crippen LogP contribution in [-0.2, 0) is 20.7 Å². The van der Waals surface area contributed by atoms with E-state index in [4.69, 9.17) is 10.5 Å². The van der Waals surface area contributed by atoms with E-state index in [0.29, 0.717) is 13.0 Å². The van der Waals surface area contributed by atoms with E-state index in [1.165, 1.54) is 5.56 Å². The van der Waals surface area contributed by atoms with Gasteiger partial charge in [-0.1, -0.05) is 30.3 Å². The van der Waals surface area contributed by atoms with Crippen LogP contribution in [0.15, 0.2) is 30.3 Å². The molecule has 0 saturated carbocycles. The van der Waals surface area contributed by atoms with E-state index in [9.17, 15) is 9.59 Å². The summed E-state index contributed by atoms with van der Waals surface area (Å²) < 4.78 is 4.75. The number of carbonyl (C=O) groups is 2. The van der Waals surface area contributed by atoms with E-state index in [0.717, 1.165) is 17.6 Å². The minimum Gasteiger partial charge on any atom is -0.465 e. The quantitative estimate of drug-likeness (QED) is 0.766. The Morgan fingerprint density at radius 3 is 2.90 bits per heavy atom. The molecule has 1 aliphatic carbocycles. The lowest BCUT2D eigenvalue weighted by Gasteiger charge is -2.13. The van der Waals surface area contributed by atoms with Gasteiger partial charge in [0.25, 0.3) is 0 Å². The molecule has 0 unspecified atom stereocenters. The average Bonchev–Trinajstić information content (AvgIpc) is 2.88. The van der Waals surface area contributed by atoms with Crippen molar-refractivity contribution in [3.8, 4) is 0 Å². The first-order chi connectivity index (χ1) is 10.1. The molecule has 0 saturated heterocycles. The Kier molecular flexibility index (Phi) is 5.11. The summed E-state index contributed by atoms with van der Waals surface area (Å²) in [4.78, 5) is 23.1. The van der Waals surface area contributed by atoms with E-state index in [-0.39, 0.29) is 12.5 Å². The van der Waals surface area contributed by atoms with Crippen molar-refractivity contribution in [2.45, 2.75) is 25.8 Å². The second kappa shape index (κ2) is 7.04. The maximum Gasteiger partial charge on any atom is 0.325 e. The van der Waals surface area contributed by atoms with Gasteiger partial charge >= 0.3 is 5.97 Å². The molecule has 2 rings (SSSR count). The maximum atomic E-state index is 11.9. The highest BCUT2D eigenvalue weighted by Crippen LogP contribution is 2.29. The Balaban J connectivity index is 1.86. The van der Waals surface area contributed by atoms with Gasteiger partial charge in [-0.3, -0.25) is 9.59 Å². The van der Waals surface area contributed by atoms with Crippen molar-refractivity contribution in [1.29, 1.82) is 0 Å². The monoisotopic (exact) mass is 288 g/mol. The molecular formula is C16H20N2O3. The van der Waals surface area contributed by atoms with Gasteiger partial charge in [0.05, 0.1) is 12.6 Å². The second-order valence-electron chi connectivity index (χ2n) is 4.92. The molecule has 3 N–H and O–H groups in total. The molecule has 1 amide bonds. The third-order valence-electron chi connectivity index (χ3n) is 3.42. The molecule has 1 aliphatic rings. The van der Waals surface area contributed by atoms with E-state index in [2.05, 4.69) is 17.5 Å². The SMILES string of the molecule is CCOC(=O)CNC(=O)[C@@H](N)CC1=CCc2ccccc21. The van der Waals surface area contributed by atoms with Crippen LogP contribution in [0.2, 0.25) is 0 Å². The minimum atomic E-state index is -0.670. The first-order valence-corrected chi connectivity index (χ1v) is 7.08. The Hall–Kier alpha value is -2.14. The zero-order valence-electron chi connectivity index (χ0n) is 12.1. The number of allylic oxidation sites excluding steroid dienone is 1. The van der Waals surface area contributed by atoms with Crippen molar-refractivity contribution in [1.82, 2.24) is 5.32 Å². The summed E-state index contributed by atoms with van der Waals surface area (Å²) in [5.41, 5.74) is 9.41. The first-order valence-electron chi connectivity index (χ1n) is 7.08. The number of benzene rings is 1. The lowest BCUT2D eigenvalue weighted by molar-refractivity contribution is -0.143. The first kappa shape index (κ1) is 15.3. The minimum absolute atomic E-state index is 0.143. The van der Waals surface area contributed by atoms with Gasteiger partial charge in [0, 0.05) is 0 Å². The number of nitrogens with two attached hydrogens (primary N) is 1. The molecule has 5 heteroatoms. The van der Waals surface area contributed by atoms with Crippen molar-refractivity contribution in [3.05, 3.63) is 41.5 Å². The molecule has 0 bridgehead atoms. The highest BCUT2D eigenvalue weighted by atomic mass is 16.5. The largest absolute Gasteiger partial charge is 0.465 e. The number of hydrogen-bond donors (Lipinski definition) is 2. The molecular weight excluding hydrogens is 268 g/mol. The summed E-state index contributed by atoms with van der Waals surface area (Å²) >= 11 is 0. The lowest BCUT2D eigenvalue weighted by atomic mass is 10.00. The fourth-order valence-corrected chi connectivity index (χ4v) is 2.38. The van der Waals surface area contributed by atoms with Crippen LogP contribution in [-0.4, -0.2) is 31.1 Å². The van der Waals surface area contributed by atoms with E-state index >= 15 is 0 Å². The Morgan fingerprint density at radius 1 is 1.38 bits per heavy atom. The Labute approximate surface area is 124 Å². The zero-order chi connectivity index (χ0) is 15.2. The third-order valence-corrected chi connectivity index (χ3v) is 3.42. The van der Waals surface area contributed by atoms with Gasteiger partial charge in [-0.25, -0.2) is 0 Å². The van der Waals surface area contributed by atoms with Gasteiger partial charge in [0.2, 0.25) is 5.91 Å². The normalized spacial score (nSPS) is 14.1.